The summed E-state index contributed by atoms with van der Waals surface area (Å²) in [7, 11) is 0. The van der Waals surface area contributed by atoms with Gasteiger partial charge in [-0.1, -0.05) is 15.9 Å². The Balaban J connectivity index is 2.64. The van der Waals surface area contributed by atoms with Gasteiger partial charge in [-0.2, -0.15) is 0 Å². The second-order valence-corrected chi connectivity index (χ2v) is 4.20. The lowest BCUT2D eigenvalue weighted by Gasteiger charge is -2.09. The zero-order chi connectivity index (χ0) is 11.3. The molecule has 0 aliphatic heterocycles. The van der Waals surface area contributed by atoms with E-state index in [0.717, 1.165) is 10.8 Å². The van der Waals surface area contributed by atoms with Crippen molar-refractivity contribution in [3.63, 3.8) is 0 Å². The maximum absolute atomic E-state index is 10.7. The zero-order valence-corrected chi connectivity index (χ0v) is 10.0. The van der Waals surface area contributed by atoms with Crippen molar-refractivity contribution in [3.05, 3.63) is 28.2 Å². The molecule has 1 aromatic rings. The summed E-state index contributed by atoms with van der Waals surface area (Å²) in [5.74, 6) is 0.550. The van der Waals surface area contributed by atoms with Crippen molar-refractivity contribution in [1.82, 2.24) is 0 Å². The maximum Gasteiger partial charge on any atom is 0.153 e. The van der Waals surface area contributed by atoms with Gasteiger partial charge in [0.1, 0.15) is 5.75 Å². The van der Waals surface area contributed by atoms with E-state index in [1.807, 2.05) is 6.07 Å². The molecule has 0 saturated heterocycles. The SMILES string of the molecule is CC(O)CCOc1ccc(Br)cc1C=O. The van der Waals surface area contributed by atoms with Crippen molar-refractivity contribution in [2.75, 3.05) is 6.61 Å². The summed E-state index contributed by atoms with van der Waals surface area (Å²) in [5.41, 5.74) is 0.509. The van der Waals surface area contributed by atoms with E-state index in [9.17, 15) is 4.79 Å². The van der Waals surface area contributed by atoms with E-state index in [-0.39, 0.29) is 6.10 Å². The number of aliphatic hydroxyl groups is 1. The van der Waals surface area contributed by atoms with Gasteiger partial charge in [-0.3, -0.25) is 4.79 Å². The number of carbonyl (C=O) groups is 1. The molecule has 4 heteroatoms. The lowest BCUT2D eigenvalue weighted by molar-refractivity contribution is 0.111. The van der Waals surface area contributed by atoms with Gasteiger partial charge >= 0.3 is 0 Å². The van der Waals surface area contributed by atoms with E-state index >= 15 is 0 Å². The largest absolute Gasteiger partial charge is 0.493 e. The van der Waals surface area contributed by atoms with Crippen LogP contribution >= 0.6 is 15.9 Å². The minimum atomic E-state index is -0.389. The molecule has 0 aromatic heterocycles. The van der Waals surface area contributed by atoms with E-state index in [4.69, 9.17) is 9.84 Å². The highest BCUT2D eigenvalue weighted by Crippen LogP contribution is 2.21. The van der Waals surface area contributed by atoms with Gasteiger partial charge in [-0.05, 0) is 25.1 Å². The highest BCUT2D eigenvalue weighted by Gasteiger charge is 2.04. The number of benzene rings is 1. The Morgan fingerprint density at radius 3 is 2.93 bits per heavy atom. The third-order valence-corrected chi connectivity index (χ3v) is 2.39. The molecule has 0 bridgehead atoms. The second-order valence-electron chi connectivity index (χ2n) is 3.29. The van der Waals surface area contributed by atoms with Crippen LogP contribution in [0.15, 0.2) is 22.7 Å². The first-order valence-electron chi connectivity index (χ1n) is 4.69. The van der Waals surface area contributed by atoms with Crippen LogP contribution in [0.5, 0.6) is 5.75 Å². The monoisotopic (exact) mass is 272 g/mol. The number of ether oxygens (including phenoxy) is 1. The van der Waals surface area contributed by atoms with Crippen LogP contribution in [0.2, 0.25) is 0 Å². The van der Waals surface area contributed by atoms with Crippen LogP contribution in [0.3, 0.4) is 0 Å². The van der Waals surface area contributed by atoms with Crippen molar-refractivity contribution in [3.8, 4) is 5.75 Å². The number of hydrogen-bond donors (Lipinski definition) is 1. The fraction of sp³-hybridized carbons (Fsp3) is 0.364. The Bertz CT molecular complexity index is 337. The average molecular weight is 273 g/mol. The van der Waals surface area contributed by atoms with E-state index in [0.29, 0.717) is 24.3 Å². The number of rotatable bonds is 5. The first kappa shape index (κ1) is 12.2. The van der Waals surface area contributed by atoms with Crippen molar-refractivity contribution in [2.24, 2.45) is 0 Å². The van der Waals surface area contributed by atoms with Gasteiger partial charge < -0.3 is 9.84 Å². The third kappa shape index (κ3) is 4.01. The Hall–Kier alpha value is -0.870. The summed E-state index contributed by atoms with van der Waals surface area (Å²) in [6.45, 7) is 2.10. The predicted molar refractivity (Wildman–Crippen MR) is 61.3 cm³/mol. The maximum atomic E-state index is 10.7. The molecule has 1 atom stereocenters. The smallest absolute Gasteiger partial charge is 0.153 e. The van der Waals surface area contributed by atoms with E-state index in [1.165, 1.54) is 0 Å². The zero-order valence-electron chi connectivity index (χ0n) is 8.44. The van der Waals surface area contributed by atoms with Crippen LogP contribution in [0.1, 0.15) is 23.7 Å². The van der Waals surface area contributed by atoms with E-state index in [1.54, 1.807) is 19.1 Å². The number of aldehydes is 1. The lowest BCUT2D eigenvalue weighted by Crippen LogP contribution is -2.08. The van der Waals surface area contributed by atoms with Gasteiger partial charge in [0.05, 0.1) is 18.3 Å². The predicted octanol–water partition coefficient (Wildman–Crippen LogP) is 2.41. The molecular weight excluding hydrogens is 260 g/mol. The molecule has 0 aliphatic carbocycles. The topological polar surface area (TPSA) is 46.5 Å². The van der Waals surface area contributed by atoms with Crippen molar-refractivity contribution < 1.29 is 14.6 Å². The molecule has 0 radical (unpaired) electrons. The Morgan fingerprint density at radius 1 is 1.60 bits per heavy atom. The minimum absolute atomic E-state index is 0.389. The molecule has 0 aliphatic rings. The van der Waals surface area contributed by atoms with Gasteiger partial charge in [0.25, 0.3) is 0 Å². The van der Waals surface area contributed by atoms with E-state index in [2.05, 4.69) is 15.9 Å². The Kier molecular flexibility index (Phi) is 4.78. The lowest BCUT2D eigenvalue weighted by atomic mass is 10.2. The van der Waals surface area contributed by atoms with Gasteiger partial charge in [0, 0.05) is 10.9 Å². The first-order chi connectivity index (χ1) is 7.13. The van der Waals surface area contributed by atoms with E-state index < -0.39 is 0 Å². The number of hydrogen-bond acceptors (Lipinski definition) is 3. The van der Waals surface area contributed by atoms with Gasteiger partial charge in [-0.15, -0.1) is 0 Å². The molecule has 1 N–H and O–H groups in total. The van der Waals surface area contributed by atoms with Gasteiger partial charge in [0.15, 0.2) is 6.29 Å². The molecule has 0 fully saturated rings. The standard InChI is InChI=1S/C11H13BrO3/c1-8(14)4-5-15-11-3-2-10(12)6-9(11)7-13/h2-3,6-8,14H,4-5H2,1H3. The molecular formula is C11H13BrO3. The molecule has 3 nitrogen and oxygen atoms in total. The first-order valence-corrected chi connectivity index (χ1v) is 5.48. The molecule has 82 valence electrons. The summed E-state index contributed by atoms with van der Waals surface area (Å²) < 4.78 is 6.22. The molecule has 0 amide bonds. The highest BCUT2D eigenvalue weighted by atomic mass is 79.9. The molecule has 15 heavy (non-hydrogen) atoms. The fourth-order valence-corrected chi connectivity index (χ4v) is 1.46. The normalized spacial score (nSPS) is 12.2. The van der Waals surface area contributed by atoms with Crippen molar-refractivity contribution in [2.45, 2.75) is 19.4 Å². The Labute approximate surface area is 97.2 Å². The fourth-order valence-electron chi connectivity index (χ4n) is 1.08. The summed E-state index contributed by atoms with van der Waals surface area (Å²) >= 11 is 3.27. The quantitative estimate of drug-likeness (QED) is 0.838. The highest BCUT2D eigenvalue weighted by molar-refractivity contribution is 9.10. The van der Waals surface area contributed by atoms with Gasteiger partial charge in [-0.25, -0.2) is 0 Å². The molecule has 1 unspecified atom stereocenters. The minimum Gasteiger partial charge on any atom is -0.493 e. The number of halogens is 1. The molecule has 0 saturated carbocycles. The van der Waals surface area contributed by atoms with Gasteiger partial charge in [0.2, 0.25) is 0 Å². The number of aliphatic hydroxyl groups excluding tert-OH is 1. The summed E-state index contributed by atoms with van der Waals surface area (Å²) in [6.07, 6.45) is 0.914. The van der Waals surface area contributed by atoms with Crippen LogP contribution in [0, 0.1) is 0 Å². The average Bonchev–Trinajstić information content (AvgIpc) is 2.19. The van der Waals surface area contributed by atoms with Crippen LogP contribution in [-0.4, -0.2) is 24.1 Å². The van der Waals surface area contributed by atoms with Crippen molar-refractivity contribution in [1.29, 1.82) is 0 Å². The third-order valence-electron chi connectivity index (χ3n) is 1.89. The molecule has 0 heterocycles. The van der Waals surface area contributed by atoms with Crippen LogP contribution < -0.4 is 4.74 Å². The second kappa shape index (κ2) is 5.88. The van der Waals surface area contributed by atoms with Crippen LogP contribution in [0.4, 0.5) is 0 Å². The molecule has 1 rings (SSSR count). The molecule has 1 aromatic carbocycles. The summed E-state index contributed by atoms with van der Waals surface area (Å²) in [4.78, 5) is 10.7. The Morgan fingerprint density at radius 2 is 2.33 bits per heavy atom. The van der Waals surface area contributed by atoms with Crippen molar-refractivity contribution >= 4 is 22.2 Å². The van der Waals surface area contributed by atoms with Crippen LogP contribution in [-0.2, 0) is 0 Å². The summed E-state index contributed by atoms with van der Waals surface area (Å²) in [5, 5.41) is 9.04. The summed E-state index contributed by atoms with van der Waals surface area (Å²) in [6, 6.07) is 5.24. The number of carbonyl (C=O) groups excluding carboxylic acids is 1. The molecule has 0 spiro atoms. The van der Waals surface area contributed by atoms with Crippen LogP contribution in [0.25, 0.3) is 0 Å².